The number of halogens is 1. The van der Waals surface area contributed by atoms with Crippen molar-refractivity contribution in [2.75, 3.05) is 0 Å². The van der Waals surface area contributed by atoms with Gasteiger partial charge in [0.05, 0.1) is 29.1 Å². The molecule has 9 heteroatoms. The maximum Gasteiger partial charge on any atom is 0.308 e. The fourth-order valence-electron chi connectivity index (χ4n) is 2.75. The summed E-state index contributed by atoms with van der Waals surface area (Å²) >= 11 is 5.92. The number of para-hydroxylation sites is 1. The van der Waals surface area contributed by atoms with E-state index >= 15 is 0 Å². The van der Waals surface area contributed by atoms with Crippen molar-refractivity contribution in [1.29, 1.82) is 0 Å². The average molecular weight is 435 g/mol. The van der Waals surface area contributed by atoms with Gasteiger partial charge in [0.15, 0.2) is 6.10 Å². The summed E-state index contributed by atoms with van der Waals surface area (Å²) in [4.78, 5) is 35.8. The van der Waals surface area contributed by atoms with Gasteiger partial charge in [0.1, 0.15) is 5.75 Å². The standard InChI is InChI=1S/C21H23ClN2O6/c1-13(2)29-20(25)12-18(17-9-4-5-10-19(17)24(27)28)23-21(26)14(3)30-16-8-6-7-15(22)11-16/h4-11,13-14,18H,12H2,1-3H3,(H,23,26). The van der Waals surface area contributed by atoms with Gasteiger partial charge in [-0.15, -0.1) is 0 Å². The van der Waals surface area contributed by atoms with E-state index in [4.69, 9.17) is 21.1 Å². The van der Waals surface area contributed by atoms with Crippen molar-refractivity contribution in [3.63, 3.8) is 0 Å². The van der Waals surface area contributed by atoms with Crippen molar-refractivity contribution in [1.82, 2.24) is 5.32 Å². The number of nitrogens with one attached hydrogen (secondary N) is 1. The lowest BCUT2D eigenvalue weighted by Crippen LogP contribution is -2.39. The Bertz CT molecular complexity index is 918. The molecule has 0 saturated carbocycles. The third-order valence-electron chi connectivity index (χ3n) is 4.04. The molecular weight excluding hydrogens is 412 g/mol. The largest absolute Gasteiger partial charge is 0.481 e. The number of nitrogens with zero attached hydrogens (tertiary/aromatic N) is 1. The van der Waals surface area contributed by atoms with Crippen LogP contribution < -0.4 is 10.1 Å². The lowest BCUT2D eigenvalue weighted by Gasteiger charge is -2.22. The van der Waals surface area contributed by atoms with E-state index in [2.05, 4.69) is 5.32 Å². The molecule has 2 atom stereocenters. The van der Waals surface area contributed by atoms with Crippen LogP contribution in [0.5, 0.6) is 5.75 Å². The highest BCUT2D eigenvalue weighted by Gasteiger charge is 2.28. The second-order valence-electron chi connectivity index (χ2n) is 6.84. The van der Waals surface area contributed by atoms with E-state index < -0.39 is 28.9 Å². The first-order valence-electron chi connectivity index (χ1n) is 9.32. The minimum absolute atomic E-state index is 0.200. The first kappa shape index (κ1) is 23.2. The van der Waals surface area contributed by atoms with Crippen molar-refractivity contribution >= 4 is 29.2 Å². The van der Waals surface area contributed by atoms with Crippen LogP contribution in [0.4, 0.5) is 5.69 Å². The smallest absolute Gasteiger partial charge is 0.308 e. The topological polar surface area (TPSA) is 108 Å². The summed E-state index contributed by atoms with van der Waals surface area (Å²) in [6.07, 6.45) is -1.56. The lowest BCUT2D eigenvalue weighted by molar-refractivity contribution is -0.385. The molecule has 0 aliphatic rings. The molecule has 160 valence electrons. The van der Waals surface area contributed by atoms with Crippen molar-refractivity contribution in [3.8, 4) is 5.75 Å². The molecule has 0 aliphatic heterocycles. The molecule has 0 saturated heterocycles. The van der Waals surface area contributed by atoms with E-state index in [1.54, 1.807) is 44.2 Å². The highest BCUT2D eigenvalue weighted by atomic mass is 35.5. The van der Waals surface area contributed by atoms with Crippen molar-refractivity contribution < 1.29 is 24.0 Å². The fourth-order valence-corrected chi connectivity index (χ4v) is 2.93. The van der Waals surface area contributed by atoms with E-state index in [1.165, 1.54) is 25.1 Å². The molecule has 30 heavy (non-hydrogen) atoms. The van der Waals surface area contributed by atoms with E-state index in [9.17, 15) is 19.7 Å². The van der Waals surface area contributed by atoms with Gasteiger partial charge in [0.2, 0.25) is 0 Å². The molecule has 0 radical (unpaired) electrons. The molecule has 2 aromatic rings. The summed E-state index contributed by atoms with van der Waals surface area (Å²) in [6, 6.07) is 11.5. The third-order valence-corrected chi connectivity index (χ3v) is 4.28. The number of nitro benzene ring substituents is 1. The minimum Gasteiger partial charge on any atom is -0.481 e. The number of esters is 1. The number of ether oxygens (including phenoxy) is 2. The molecule has 1 N–H and O–H groups in total. The second kappa shape index (κ2) is 10.6. The number of carbonyl (C=O) groups is 2. The van der Waals surface area contributed by atoms with Crippen LogP contribution in [0.3, 0.4) is 0 Å². The number of hydrogen-bond donors (Lipinski definition) is 1. The van der Waals surface area contributed by atoms with Crippen molar-refractivity contribution in [2.45, 2.75) is 45.4 Å². The monoisotopic (exact) mass is 434 g/mol. The SMILES string of the molecule is CC(C)OC(=O)CC(NC(=O)C(C)Oc1cccc(Cl)c1)c1ccccc1[N+](=O)[O-]. The minimum atomic E-state index is -0.962. The van der Waals surface area contributed by atoms with Gasteiger partial charge in [-0.1, -0.05) is 35.9 Å². The summed E-state index contributed by atoms with van der Waals surface area (Å²) in [5.41, 5.74) is -0.00456. The molecule has 2 aromatic carbocycles. The molecule has 2 rings (SSSR count). The van der Waals surface area contributed by atoms with Gasteiger partial charge in [-0.3, -0.25) is 19.7 Å². The van der Waals surface area contributed by atoms with E-state index in [0.717, 1.165) is 0 Å². The first-order chi connectivity index (χ1) is 14.2. The van der Waals surface area contributed by atoms with Crippen molar-refractivity contribution in [3.05, 3.63) is 69.2 Å². The molecule has 1 amide bonds. The molecule has 0 aliphatic carbocycles. The lowest BCUT2D eigenvalue weighted by atomic mass is 10.0. The number of benzene rings is 2. The molecule has 2 unspecified atom stereocenters. The Morgan fingerprint density at radius 1 is 1.13 bits per heavy atom. The highest BCUT2D eigenvalue weighted by Crippen LogP contribution is 2.28. The van der Waals surface area contributed by atoms with Gasteiger partial charge in [-0.25, -0.2) is 0 Å². The van der Waals surface area contributed by atoms with Gasteiger partial charge in [-0.2, -0.15) is 0 Å². The Labute approximate surface area is 179 Å². The van der Waals surface area contributed by atoms with Crippen LogP contribution in [-0.4, -0.2) is 29.0 Å². The van der Waals surface area contributed by atoms with Crippen LogP contribution in [0.15, 0.2) is 48.5 Å². The zero-order chi connectivity index (χ0) is 22.3. The first-order valence-corrected chi connectivity index (χ1v) is 9.70. The molecule has 0 bridgehead atoms. The zero-order valence-corrected chi connectivity index (χ0v) is 17.6. The van der Waals surface area contributed by atoms with Crippen LogP contribution in [-0.2, 0) is 14.3 Å². The van der Waals surface area contributed by atoms with Gasteiger partial charge in [0.25, 0.3) is 11.6 Å². The summed E-state index contributed by atoms with van der Waals surface area (Å²) in [5.74, 6) is -0.737. The van der Waals surface area contributed by atoms with Gasteiger partial charge < -0.3 is 14.8 Å². The van der Waals surface area contributed by atoms with Crippen LogP contribution in [0.1, 0.15) is 38.8 Å². The fraction of sp³-hybridized carbons (Fsp3) is 0.333. The van der Waals surface area contributed by atoms with Gasteiger partial charge in [-0.05, 0) is 39.0 Å². The number of rotatable bonds is 9. The van der Waals surface area contributed by atoms with Crippen molar-refractivity contribution in [2.24, 2.45) is 0 Å². The summed E-state index contributed by atoms with van der Waals surface area (Å²) in [7, 11) is 0. The van der Waals surface area contributed by atoms with E-state index in [0.29, 0.717) is 10.8 Å². The Kier molecular flexibility index (Phi) is 8.17. The maximum absolute atomic E-state index is 12.7. The van der Waals surface area contributed by atoms with Gasteiger partial charge >= 0.3 is 5.97 Å². The molecule has 0 fully saturated rings. The summed E-state index contributed by atoms with van der Waals surface area (Å²) in [5, 5.41) is 14.5. The Hall–Kier alpha value is -3.13. The van der Waals surface area contributed by atoms with Gasteiger partial charge in [0, 0.05) is 11.1 Å². The zero-order valence-electron chi connectivity index (χ0n) is 16.8. The average Bonchev–Trinajstić information content (AvgIpc) is 2.66. The number of nitro groups is 1. The van der Waals surface area contributed by atoms with Crippen LogP contribution >= 0.6 is 11.6 Å². The molecule has 0 aromatic heterocycles. The quantitative estimate of drug-likeness (QED) is 0.359. The highest BCUT2D eigenvalue weighted by molar-refractivity contribution is 6.30. The van der Waals surface area contributed by atoms with Crippen LogP contribution in [0.2, 0.25) is 5.02 Å². The Balaban J connectivity index is 2.22. The van der Waals surface area contributed by atoms with E-state index in [1.807, 2.05) is 0 Å². The molecule has 8 nitrogen and oxygen atoms in total. The summed E-state index contributed by atoms with van der Waals surface area (Å²) < 4.78 is 10.7. The number of hydrogen-bond acceptors (Lipinski definition) is 6. The predicted molar refractivity (Wildman–Crippen MR) is 111 cm³/mol. The Morgan fingerprint density at radius 3 is 2.47 bits per heavy atom. The predicted octanol–water partition coefficient (Wildman–Crippen LogP) is 4.21. The molecule has 0 spiro atoms. The molecular formula is C21H23ClN2O6. The molecule has 0 heterocycles. The number of amides is 1. The summed E-state index contributed by atoms with van der Waals surface area (Å²) in [6.45, 7) is 4.91. The second-order valence-corrected chi connectivity index (χ2v) is 7.27. The van der Waals surface area contributed by atoms with Crippen LogP contribution in [0, 0.1) is 10.1 Å². The van der Waals surface area contributed by atoms with Crippen LogP contribution in [0.25, 0.3) is 0 Å². The normalized spacial score (nSPS) is 12.7. The number of carbonyl (C=O) groups excluding carboxylic acids is 2. The maximum atomic E-state index is 12.7. The third kappa shape index (κ3) is 6.73. The van der Waals surface area contributed by atoms with E-state index in [-0.39, 0.29) is 23.8 Å². The Morgan fingerprint density at radius 2 is 1.83 bits per heavy atom.